The topological polar surface area (TPSA) is 21.3 Å². The van der Waals surface area contributed by atoms with Gasteiger partial charge in [0, 0.05) is 6.04 Å². The summed E-state index contributed by atoms with van der Waals surface area (Å²) in [6, 6.07) is 6.90. The predicted molar refractivity (Wildman–Crippen MR) is 65.0 cm³/mol. The number of ether oxygens (including phenoxy) is 1. The molecule has 3 heteroatoms. The maximum atomic E-state index is 5.49. The van der Waals surface area contributed by atoms with Crippen LogP contribution in [0.1, 0.15) is 31.0 Å². The quantitative estimate of drug-likeness (QED) is 0.839. The van der Waals surface area contributed by atoms with Crippen molar-refractivity contribution in [2.75, 3.05) is 13.2 Å². The molecule has 0 bridgehead atoms. The van der Waals surface area contributed by atoms with E-state index in [0.717, 1.165) is 25.3 Å². The molecule has 1 aromatic rings. The molecule has 2 nitrogen and oxygen atoms in total. The lowest BCUT2D eigenvalue weighted by Gasteiger charge is -2.24. The van der Waals surface area contributed by atoms with Gasteiger partial charge in [0.1, 0.15) is 5.75 Å². The van der Waals surface area contributed by atoms with Gasteiger partial charge in [0.15, 0.2) is 0 Å². The van der Waals surface area contributed by atoms with Gasteiger partial charge in [0.05, 0.1) is 6.61 Å². The van der Waals surface area contributed by atoms with Gasteiger partial charge < -0.3 is 10.1 Å². The number of benzene rings is 1. The molecule has 0 aliphatic carbocycles. The monoisotopic (exact) mass is 227 g/mol. The van der Waals surface area contributed by atoms with Crippen LogP contribution < -0.4 is 10.1 Å². The highest BCUT2D eigenvalue weighted by Crippen LogP contribution is 2.26. The molecule has 0 spiro atoms. The van der Waals surface area contributed by atoms with E-state index in [1.165, 1.54) is 11.1 Å². The molecular formula is C12H18ClNO. The fraction of sp³-hybridized carbons (Fsp3) is 0.500. The molecular weight excluding hydrogens is 210 g/mol. The first-order valence-corrected chi connectivity index (χ1v) is 5.30. The van der Waals surface area contributed by atoms with Crippen molar-refractivity contribution in [1.29, 1.82) is 0 Å². The maximum absolute atomic E-state index is 5.49. The Morgan fingerprint density at radius 2 is 2.27 bits per heavy atom. The molecule has 1 atom stereocenters. The molecule has 0 saturated carbocycles. The Labute approximate surface area is 97.4 Å². The zero-order chi connectivity index (χ0) is 9.97. The number of hydrogen-bond acceptors (Lipinski definition) is 2. The number of nitrogens with one attached hydrogen (secondary N) is 1. The first kappa shape index (κ1) is 12.3. The number of fused-ring (bicyclic) bond motifs is 1. The molecule has 15 heavy (non-hydrogen) atoms. The van der Waals surface area contributed by atoms with Crippen LogP contribution >= 0.6 is 12.4 Å². The maximum Gasteiger partial charge on any atom is 0.119 e. The van der Waals surface area contributed by atoms with Crippen molar-refractivity contribution >= 4 is 12.4 Å². The van der Waals surface area contributed by atoms with Gasteiger partial charge in [-0.05, 0) is 50.1 Å². The summed E-state index contributed by atoms with van der Waals surface area (Å²) in [7, 11) is 0. The van der Waals surface area contributed by atoms with Crippen molar-refractivity contribution in [3.8, 4) is 5.75 Å². The molecule has 1 unspecified atom stereocenters. The largest absolute Gasteiger partial charge is 0.494 e. The van der Waals surface area contributed by atoms with E-state index in [-0.39, 0.29) is 12.4 Å². The molecule has 1 aliphatic heterocycles. The summed E-state index contributed by atoms with van der Waals surface area (Å²) in [4.78, 5) is 0. The van der Waals surface area contributed by atoms with Gasteiger partial charge in [-0.15, -0.1) is 12.4 Å². The first-order valence-electron chi connectivity index (χ1n) is 5.30. The molecule has 0 radical (unpaired) electrons. The van der Waals surface area contributed by atoms with Crippen LogP contribution in [0.5, 0.6) is 5.75 Å². The highest BCUT2D eigenvalue weighted by Gasteiger charge is 2.15. The highest BCUT2D eigenvalue weighted by molar-refractivity contribution is 5.85. The standard InChI is InChI=1S/C12H17NO.ClH/c1-3-14-11-4-5-12-9(2)13-7-6-10(12)8-11;/h4-5,8-9,13H,3,6-7H2,1-2H3;1H. The molecule has 0 saturated heterocycles. The normalized spacial score (nSPS) is 18.9. The van der Waals surface area contributed by atoms with Crippen LogP contribution in [0.3, 0.4) is 0 Å². The summed E-state index contributed by atoms with van der Waals surface area (Å²) in [5, 5.41) is 3.45. The van der Waals surface area contributed by atoms with Crippen LogP contribution in [-0.4, -0.2) is 13.2 Å². The summed E-state index contributed by atoms with van der Waals surface area (Å²) >= 11 is 0. The summed E-state index contributed by atoms with van der Waals surface area (Å²) in [6.07, 6.45) is 1.11. The van der Waals surface area contributed by atoms with Crippen molar-refractivity contribution in [2.45, 2.75) is 26.3 Å². The molecule has 0 fully saturated rings. The Morgan fingerprint density at radius 3 is 3.00 bits per heavy atom. The summed E-state index contributed by atoms with van der Waals surface area (Å²) in [5.41, 5.74) is 2.85. The third-order valence-corrected chi connectivity index (χ3v) is 2.74. The van der Waals surface area contributed by atoms with E-state index in [0.29, 0.717) is 6.04 Å². The van der Waals surface area contributed by atoms with Gasteiger partial charge in [0.25, 0.3) is 0 Å². The van der Waals surface area contributed by atoms with E-state index in [2.05, 4.69) is 30.4 Å². The second kappa shape index (κ2) is 5.38. The van der Waals surface area contributed by atoms with Crippen LogP contribution in [0.15, 0.2) is 18.2 Å². The Bertz CT molecular complexity index is 327. The van der Waals surface area contributed by atoms with E-state index in [4.69, 9.17) is 4.74 Å². The third-order valence-electron chi connectivity index (χ3n) is 2.74. The molecule has 84 valence electrons. The average Bonchev–Trinajstić information content (AvgIpc) is 2.18. The van der Waals surface area contributed by atoms with Gasteiger partial charge in [-0.2, -0.15) is 0 Å². The smallest absolute Gasteiger partial charge is 0.119 e. The fourth-order valence-corrected chi connectivity index (χ4v) is 2.01. The minimum Gasteiger partial charge on any atom is -0.494 e. The lowest BCUT2D eigenvalue weighted by molar-refractivity contribution is 0.339. The first-order chi connectivity index (χ1) is 6.81. The van der Waals surface area contributed by atoms with Gasteiger partial charge in [0.2, 0.25) is 0 Å². The van der Waals surface area contributed by atoms with Crippen molar-refractivity contribution in [3.63, 3.8) is 0 Å². The van der Waals surface area contributed by atoms with Gasteiger partial charge in [-0.3, -0.25) is 0 Å². The van der Waals surface area contributed by atoms with E-state index in [9.17, 15) is 0 Å². The highest BCUT2D eigenvalue weighted by atomic mass is 35.5. The SMILES string of the molecule is CCOc1ccc2c(c1)CCNC2C.Cl. The zero-order valence-corrected chi connectivity index (χ0v) is 10.1. The summed E-state index contributed by atoms with van der Waals surface area (Å²) < 4.78 is 5.49. The Balaban J connectivity index is 0.00000112. The minimum absolute atomic E-state index is 0. The van der Waals surface area contributed by atoms with Crippen molar-refractivity contribution in [3.05, 3.63) is 29.3 Å². The van der Waals surface area contributed by atoms with Crippen molar-refractivity contribution in [2.24, 2.45) is 0 Å². The number of halogens is 1. The van der Waals surface area contributed by atoms with Crippen LogP contribution in [0, 0.1) is 0 Å². The summed E-state index contributed by atoms with van der Waals surface area (Å²) in [6.45, 7) is 6.04. The molecule has 0 aromatic heterocycles. The zero-order valence-electron chi connectivity index (χ0n) is 9.25. The molecule has 2 rings (SSSR count). The molecule has 1 aliphatic rings. The third kappa shape index (κ3) is 2.64. The molecule has 1 aromatic carbocycles. The minimum atomic E-state index is 0. The Morgan fingerprint density at radius 1 is 1.47 bits per heavy atom. The molecule has 1 heterocycles. The fourth-order valence-electron chi connectivity index (χ4n) is 2.01. The van der Waals surface area contributed by atoms with E-state index >= 15 is 0 Å². The van der Waals surface area contributed by atoms with Crippen molar-refractivity contribution in [1.82, 2.24) is 5.32 Å². The second-order valence-electron chi connectivity index (χ2n) is 3.72. The summed E-state index contributed by atoms with van der Waals surface area (Å²) in [5.74, 6) is 1.00. The predicted octanol–water partition coefficient (Wildman–Crippen LogP) is 2.71. The van der Waals surface area contributed by atoms with Gasteiger partial charge in [-0.25, -0.2) is 0 Å². The van der Waals surface area contributed by atoms with Crippen molar-refractivity contribution < 1.29 is 4.74 Å². The number of hydrogen-bond donors (Lipinski definition) is 1. The van der Waals surface area contributed by atoms with Crippen LogP contribution in [0.4, 0.5) is 0 Å². The second-order valence-corrected chi connectivity index (χ2v) is 3.72. The Hall–Kier alpha value is -0.730. The van der Waals surface area contributed by atoms with Crippen LogP contribution in [-0.2, 0) is 6.42 Å². The van der Waals surface area contributed by atoms with E-state index < -0.39 is 0 Å². The lowest BCUT2D eigenvalue weighted by Crippen LogP contribution is -2.27. The van der Waals surface area contributed by atoms with E-state index in [1.54, 1.807) is 0 Å². The average molecular weight is 228 g/mol. The lowest BCUT2D eigenvalue weighted by atomic mass is 9.95. The van der Waals surface area contributed by atoms with Crippen LogP contribution in [0.2, 0.25) is 0 Å². The van der Waals surface area contributed by atoms with Gasteiger partial charge in [-0.1, -0.05) is 6.07 Å². The molecule has 1 N–H and O–H groups in total. The van der Waals surface area contributed by atoms with Crippen LogP contribution in [0.25, 0.3) is 0 Å². The number of rotatable bonds is 2. The molecule has 0 amide bonds. The van der Waals surface area contributed by atoms with E-state index in [1.807, 2.05) is 6.92 Å². The Kier molecular flexibility index (Phi) is 4.43. The van der Waals surface area contributed by atoms with Gasteiger partial charge >= 0.3 is 0 Å².